The fourth-order valence-electron chi connectivity index (χ4n) is 3.84. The number of likely N-dealkylation sites (tertiary alicyclic amines) is 1. The van der Waals surface area contributed by atoms with Gasteiger partial charge in [-0.15, -0.1) is 0 Å². The number of likely N-dealkylation sites (N-methyl/N-ethyl adjacent to an activating group) is 1. The van der Waals surface area contributed by atoms with Gasteiger partial charge < -0.3 is 15.0 Å². The number of hydrogen-bond acceptors (Lipinski definition) is 4. The Labute approximate surface area is 189 Å². The highest BCUT2D eigenvalue weighted by molar-refractivity contribution is 5.79. The molecule has 7 heteroatoms. The summed E-state index contributed by atoms with van der Waals surface area (Å²) in [5.41, 5.74) is 2.39. The second kappa shape index (κ2) is 11.1. The Morgan fingerprint density at radius 1 is 1.12 bits per heavy atom. The lowest BCUT2D eigenvalue weighted by molar-refractivity contribution is -0.132. The van der Waals surface area contributed by atoms with Gasteiger partial charge in [-0.1, -0.05) is 24.3 Å². The van der Waals surface area contributed by atoms with Crippen LogP contribution < -0.4 is 10.1 Å². The molecule has 2 amide bonds. The van der Waals surface area contributed by atoms with Crippen LogP contribution in [0, 0.1) is 18.7 Å². The summed E-state index contributed by atoms with van der Waals surface area (Å²) in [6, 6.07) is 12.7. The van der Waals surface area contributed by atoms with Gasteiger partial charge in [-0.05, 0) is 67.7 Å². The van der Waals surface area contributed by atoms with Crippen LogP contribution in [0.2, 0.25) is 0 Å². The van der Waals surface area contributed by atoms with Gasteiger partial charge in [0.15, 0.2) is 0 Å². The maximum absolute atomic E-state index is 13.7. The fourth-order valence-corrected chi connectivity index (χ4v) is 3.84. The monoisotopic (exact) mass is 441 g/mol. The van der Waals surface area contributed by atoms with Crippen LogP contribution in [0.25, 0.3) is 0 Å². The van der Waals surface area contributed by atoms with Crippen LogP contribution in [0.15, 0.2) is 42.5 Å². The van der Waals surface area contributed by atoms with Crippen molar-refractivity contribution in [3.8, 4) is 5.75 Å². The molecule has 0 saturated carbocycles. The smallest absolute Gasteiger partial charge is 0.236 e. The summed E-state index contributed by atoms with van der Waals surface area (Å²) in [5, 5.41) is 2.92. The maximum Gasteiger partial charge on any atom is 0.236 e. The van der Waals surface area contributed by atoms with Crippen molar-refractivity contribution >= 4 is 11.8 Å². The largest absolute Gasteiger partial charge is 0.497 e. The molecule has 1 aliphatic heterocycles. The van der Waals surface area contributed by atoms with Gasteiger partial charge in [0.1, 0.15) is 11.6 Å². The topological polar surface area (TPSA) is 61.9 Å². The Morgan fingerprint density at radius 2 is 1.78 bits per heavy atom. The van der Waals surface area contributed by atoms with Crippen molar-refractivity contribution in [2.45, 2.75) is 32.9 Å². The zero-order valence-corrected chi connectivity index (χ0v) is 19.1. The van der Waals surface area contributed by atoms with E-state index in [2.05, 4.69) is 10.2 Å². The molecule has 1 fully saturated rings. The molecule has 2 aromatic rings. The molecule has 3 rings (SSSR count). The predicted molar refractivity (Wildman–Crippen MR) is 122 cm³/mol. The van der Waals surface area contributed by atoms with Crippen molar-refractivity contribution < 1.29 is 18.7 Å². The number of rotatable bonds is 8. The van der Waals surface area contributed by atoms with Gasteiger partial charge >= 0.3 is 0 Å². The molecule has 0 spiro atoms. The number of carbonyl (C=O) groups excluding carboxylic acids is 2. The minimum absolute atomic E-state index is 0.00594. The van der Waals surface area contributed by atoms with Crippen molar-refractivity contribution in [3.05, 3.63) is 65.0 Å². The molecule has 0 aliphatic carbocycles. The number of methoxy groups -OCH3 is 1. The number of halogens is 1. The predicted octanol–water partition coefficient (Wildman–Crippen LogP) is 3.13. The molecular weight excluding hydrogens is 409 g/mol. The van der Waals surface area contributed by atoms with Crippen LogP contribution in [-0.4, -0.2) is 55.4 Å². The van der Waals surface area contributed by atoms with Crippen molar-refractivity contribution in [1.29, 1.82) is 0 Å². The minimum atomic E-state index is -0.258. The first-order valence-electron chi connectivity index (χ1n) is 11.0. The molecule has 1 heterocycles. The Morgan fingerprint density at radius 3 is 2.41 bits per heavy atom. The van der Waals surface area contributed by atoms with Crippen LogP contribution >= 0.6 is 0 Å². The molecular formula is C25H32FN3O3. The number of ether oxygens (including phenoxy) is 1. The van der Waals surface area contributed by atoms with Crippen molar-refractivity contribution in [1.82, 2.24) is 15.1 Å². The van der Waals surface area contributed by atoms with Gasteiger partial charge in [-0.25, -0.2) is 4.39 Å². The van der Waals surface area contributed by atoms with E-state index < -0.39 is 0 Å². The lowest BCUT2D eigenvalue weighted by Gasteiger charge is -2.32. The minimum Gasteiger partial charge on any atom is -0.497 e. The van der Waals surface area contributed by atoms with Crippen LogP contribution in [-0.2, 0) is 22.7 Å². The lowest BCUT2D eigenvalue weighted by atomic mass is 9.95. The lowest BCUT2D eigenvalue weighted by Crippen LogP contribution is -2.44. The number of amides is 2. The number of aryl methyl sites for hydroxylation is 1. The average molecular weight is 442 g/mol. The summed E-state index contributed by atoms with van der Waals surface area (Å²) < 4.78 is 18.8. The Bertz CT molecular complexity index is 925. The summed E-state index contributed by atoms with van der Waals surface area (Å²) >= 11 is 0. The van der Waals surface area contributed by atoms with E-state index in [9.17, 15) is 14.0 Å². The summed E-state index contributed by atoms with van der Waals surface area (Å²) in [7, 11) is 3.43. The van der Waals surface area contributed by atoms with E-state index in [1.54, 1.807) is 32.0 Å². The molecule has 0 bridgehead atoms. The highest BCUT2D eigenvalue weighted by atomic mass is 19.1. The van der Waals surface area contributed by atoms with E-state index in [4.69, 9.17) is 4.74 Å². The van der Waals surface area contributed by atoms with E-state index in [0.29, 0.717) is 51.1 Å². The molecule has 6 nitrogen and oxygen atoms in total. The summed E-state index contributed by atoms with van der Waals surface area (Å²) in [6.45, 7) is 4.35. The second-order valence-electron chi connectivity index (χ2n) is 8.45. The number of nitrogens with zero attached hydrogens (tertiary/aromatic N) is 2. The molecule has 1 aliphatic rings. The van der Waals surface area contributed by atoms with Gasteiger partial charge in [0.25, 0.3) is 0 Å². The van der Waals surface area contributed by atoms with E-state index in [1.165, 1.54) is 6.07 Å². The Hall–Kier alpha value is -2.93. The maximum atomic E-state index is 13.7. The molecule has 0 aromatic heterocycles. The van der Waals surface area contributed by atoms with Gasteiger partial charge in [0.2, 0.25) is 11.8 Å². The van der Waals surface area contributed by atoms with Gasteiger partial charge in [0.05, 0.1) is 13.7 Å². The number of nitrogens with one attached hydrogen (secondary N) is 1. The number of piperidine rings is 1. The van der Waals surface area contributed by atoms with Crippen LogP contribution in [0.4, 0.5) is 4.39 Å². The normalized spacial score (nSPS) is 14.8. The van der Waals surface area contributed by atoms with Crippen molar-refractivity contribution in [2.75, 3.05) is 33.8 Å². The van der Waals surface area contributed by atoms with E-state index in [0.717, 1.165) is 16.9 Å². The van der Waals surface area contributed by atoms with Crippen LogP contribution in [0.5, 0.6) is 5.75 Å². The molecule has 0 atom stereocenters. The molecule has 1 saturated heterocycles. The molecule has 0 radical (unpaired) electrons. The molecule has 1 N–H and O–H groups in total. The molecule has 2 aromatic carbocycles. The summed E-state index contributed by atoms with van der Waals surface area (Å²) in [4.78, 5) is 28.9. The second-order valence-corrected chi connectivity index (χ2v) is 8.45. The number of benzene rings is 2. The molecule has 172 valence electrons. The molecule has 32 heavy (non-hydrogen) atoms. The number of hydrogen-bond donors (Lipinski definition) is 1. The van der Waals surface area contributed by atoms with Gasteiger partial charge in [-0.3, -0.25) is 14.5 Å². The third-order valence-electron chi connectivity index (χ3n) is 6.02. The average Bonchev–Trinajstić information content (AvgIpc) is 2.80. The standard InChI is InChI=1S/C25H32FN3O3/c1-18-4-5-20(14-23(18)26)15-27-25(31)21-10-12-29(13-11-21)17-24(30)28(2)16-19-6-8-22(32-3)9-7-19/h4-9,14,21H,10-13,15-17H2,1-3H3,(H,27,31). The SMILES string of the molecule is COc1ccc(CN(C)C(=O)CN2CCC(C(=O)NCc3ccc(C)c(F)c3)CC2)cc1. The van der Waals surface area contributed by atoms with Gasteiger partial charge in [-0.2, -0.15) is 0 Å². The first kappa shape index (κ1) is 23.7. The zero-order valence-electron chi connectivity index (χ0n) is 19.1. The third kappa shape index (κ3) is 6.53. The van der Waals surface area contributed by atoms with Crippen LogP contribution in [0.3, 0.4) is 0 Å². The quantitative estimate of drug-likeness (QED) is 0.684. The Kier molecular flexibility index (Phi) is 8.22. The highest BCUT2D eigenvalue weighted by Crippen LogP contribution is 2.18. The van der Waals surface area contributed by atoms with Crippen molar-refractivity contribution in [2.24, 2.45) is 5.92 Å². The first-order valence-corrected chi connectivity index (χ1v) is 11.0. The zero-order chi connectivity index (χ0) is 23.1. The van der Waals surface area contributed by atoms with E-state index >= 15 is 0 Å². The van der Waals surface area contributed by atoms with Gasteiger partial charge in [0, 0.05) is 26.1 Å². The Balaban J connectivity index is 1.39. The number of carbonyl (C=O) groups is 2. The van der Waals surface area contributed by atoms with E-state index in [1.807, 2.05) is 30.3 Å². The third-order valence-corrected chi connectivity index (χ3v) is 6.02. The highest BCUT2D eigenvalue weighted by Gasteiger charge is 2.26. The summed E-state index contributed by atoms with van der Waals surface area (Å²) in [6.07, 6.45) is 1.42. The van der Waals surface area contributed by atoms with E-state index in [-0.39, 0.29) is 23.5 Å². The van der Waals surface area contributed by atoms with Crippen LogP contribution in [0.1, 0.15) is 29.5 Å². The summed E-state index contributed by atoms with van der Waals surface area (Å²) in [5.74, 6) is 0.514. The van der Waals surface area contributed by atoms with Crippen molar-refractivity contribution in [3.63, 3.8) is 0 Å². The molecule has 0 unspecified atom stereocenters. The first-order chi connectivity index (χ1) is 15.4. The fraction of sp³-hybridized carbons (Fsp3) is 0.440.